The molecule has 0 N–H and O–H groups in total. The van der Waals surface area contributed by atoms with Gasteiger partial charge in [-0.1, -0.05) is 35.6 Å². The van der Waals surface area contributed by atoms with E-state index >= 15 is 0 Å². The van der Waals surface area contributed by atoms with E-state index in [2.05, 4.69) is 15.0 Å². The van der Waals surface area contributed by atoms with Gasteiger partial charge in [0.15, 0.2) is 5.13 Å². The van der Waals surface area contributed by atoms with Crippen molar-refractivity contribution in [3.8, 4) is 5.69 Å². The Kier molecular flexibility index (Phi) is 8.12. The molecule has 0 aliphatic carbocycles. The van der Waals surface area contributed by atoms with Crippen LogP contribution in [0.3, 0.4) is 0 Å². The van der Waals surface area contributed by atoms with Crippen molar-refractivity contribution < 1.29 is 13.9 Å². The van der Waals surface area contributed by atoms with Gasteiger partial charge in [0.05, 0.1) is 41.1 Å². The van der Waals surface area contributed by atoms with E-state index in [1.807, 2.05) is 43.3 Å². The minimum Gasteiger partial charge on any atom is -0.379 e. The number of thiazole rings is 1. The highest BCUT2D eigenvalue weighted by molar-refractivity contribution is 7.22. The summed E-state index contributed by atoms with van der Waals surface area (Å²) in [4.78, 5) is 22.3. The first-order chi connectivity index (χ1) is 16.6. The lowest BCUT2D eigenvalue weighted by atomic mass is 10.2. The number of ether oxygens (including phenoxy) is 1. The molecule has 7 nitrogen and oxygen atoms in total. The zero-order valence-corrected chi connectivity index (χ0v) is 21.0. The molecule has 1 amide bonds. The fraction of sp³-hybridized carbons (Fsp3) is 0.320. The SMILES string of the molecule is Cc1c(C(=O)N(CCCN2CCOCC2)c2nc3c(F)cccc3s2)cnn1-c1ccccc1.Cl. The fourth-order valence-corrected chi connectivity index (χ4v) is 5.18. The smallest absolute Gasteiger partial charge is 0.263 e. The number of nitrogens with zero attached hydrogens (tertiary/aromatic N) is 5. The van der Waals surface area contributed by atoms with Gasteiger partial charge in [0.2, 0.25) is 0 Å². The molecule has 2 aromatic heterocycles. The fourth-order valence-electron chi connectivity index (χ4n) is 4.17. The van der Waals surface area contributed by atoms with Crippen molar-refractivity contribution in [1.82, 2.24) is 19.7 Å². The topological polar surface area (TPSA) is 63.5 Å². The summed E-state index contributed by atoms with van der Waals surface area (Å²) in [6.45, 7) is 6.47. The molecule has 4 aromatic rings. The molecule has 0 saturated carbocycles. The maximum atomic E-state index is 14.3. The number of fused-ring (bicyclic) bond motifs is 1. The number of morpholine rings is 1. The van der Waals surface area contributed by atoms with Gasteiger partial charge in [0, 0.05) is 26.2 Å². The van der Waals surface area contributed by atoms with Crippen molar-refractivity contribution in [2.24, 2.45) is 0 Å². The van der Waals surface area contributed by atoms with Crippen LogP contribution in [0.2, 0.25) is 0 Å². The van der Waals surface area contributed by atoms with E-state index in [-0.39, 0.29) is 24.1 Å². The summed E-state index contributed by atoms with van der Waals surface area (Å²) in [5, 5.41) is 4.96. The van der Waals surface area contributed by atoms with E-state index in [9.17, 15) is 9.18 Å². The monoisotopic (exact) mass is 515 g/mol. The highest BCUT2D eigenvalue weighted by Gasteiger charge is 2.26. The van der Waals surface area contributed by atoms with Crippen LogP contribution < -0.4 is 4.90 Å². The maximum Gasteiger partial charge on any atom is 0.263 e. The van der Waals surface area contributed by atoms with Crippen LogP contribution in [0, 0.1) is 12.7 Å². The van der Waals surface area contributed by atoms with Gasteiger partial charge in [-0.25, -0.2) is 14.1 Å². The Bertz CT molecular complexity index is 1290. The zero-order valence-electron chi connectivity index (χ0n) is 19.4. The minimum absolute atomic E-state index is 0. The summed E-state index contributed by atoms with van der Waals surface area (Å²) >= 11 is 1.33. The van der Waals surface area contributed by atoms with Crippen molar-refractivity contribution >= 4 is 45.0 Å². The first kappa shape index (κ1) is 25.2. The second kappa shape index (κ2) is 11.3. The van der Waals surface area contributed by atoms with Crippen LogP contribution >= 0.6 is 23.7 Å². The lowest BCUT2D eigenvalue weighted by Gasteiger charge is -2.27. The number of anilines is 1. The van der Waals surface area contributed by atoms with Gasteiger partial charge < -0.3 is 4.74 Å². The second-order valence-electron chi connectivity index (χ2n) is 8.24. The van der Waals surface area contributed by atoms with Crippen molar-refractivity contribution in [2.45, 2.75) is 13.3 Å². The largest absolute Gasteiger partial charge is 0.379 e. The predicted molar refractivity (Wildman–Crippen MR) is 139 cm³/mol. The van der Waals surface area contributed by atoms with Gasteiger partial charge in [-0.15, -0.1) is 12.4 Å². The van der Waals surface area contributed by atoms with E-state index in [0.717, 1.165) is 55.4 Å². The maximum absolute atomic E-state index is 14.3. The molecule has 0 spiro atoms. The second-order valence-corrected chi connectivity index (χ2v) is 9.25. The number of hydrogen-bond donors (Lipinski definition) is 0. The van der Waals surface area contributed by atoms with Crippen LogP contribution in [0.4, 0.5) is 9.52 Å². The first-order valence-corrected chi connectivity index (χ1v) is 12.2. The number of para-hydroxylation sites is 2. The van der Waals surface area contributed by atoms with Crippen molar-refractivity contribution in [2.75, 3.05) is 44.3 Å². The number of rotatable bonds is 7. The molecule has 10 heteroatoms. The number of halogens is 2. The standard InChI is InChI=1S/C25H26FN5O2S.ClH/c1-18-20(17-27-31(18)19-7-3-2-4-8-19)24(32)30(12-6-11-29-13-15-33-16-14-29)25-28-23-21(26)9-5-10-22(23)34-25;/h2-5,7-10,17H,6,11-16H2,1H3;1H. The molecule has 0 bridgehead atoms. The summed E-state index contributed by atoms with van der Waals surface area (Å²) in [6.07, 6.45) is 2.38. The Morgan fingerprint density at radius 2 is 1.91 bits per heavy atom. The highest BCUT2D eigenvalue weighted by atomic mass is 35.5. The Morgan fingerprint density at radius 1 is 1.14 bits per heavy atom. The summed E-state index contributed by atoms with van der Waals surface area (Å²) in [7, 11) is 0. The van der Waals surface area contributed by atoms with Crippen LogP contribution in [0.5, 0.6) is 0 Å². The molecule has 184 valence electrons. The summed E-state index contributed by atoms with van der Waals surface area (Å²) in [5.41, 5.74) is 2.45. The molecule has 2 aromatic carbocycles. The van der Waals surface area contributed by atoms with Crippen LogP contribution in [0.25, 0.3) is 15.9 Å². The van der Waals surface area contributed by atoms with E-state index in [0.29, 0.717) is 22.8 Å². The first-order valence-electron chi connectivity index (χ1n) is 11.4. The molecule has 0 unspecified atom stereocenters. The molecule has 0 atom stereocenters. The molecule has 3 heterocycles. The molecular weight excluding hydrogens is 489 g/mol. The van der Waals surface area contributed by atoms with Gasteiger partial charge in [0.25, 0.3) is 5.91 Å². The number of carbonyl (C=O) groups is 1. The van der Waals surface area contributed by atoms with Gasteiger partial charge in [-0.05, 0) is 37.6 Å². The minimum atomic E-state index is -0.381. The summed E-state index contributed by atoms with van der Waals surface area (Å²) in [6, 6.07) is 14.6. The van der Waals surface area contributed by atoms with Crippen LogP contribution in [0.1, 0.15) is 22.5 Å². The lowest BCUT2D eigenvalue weighted by molar-refractivity contribution is 0.0376. The summed E-state index contributed by atoms with van der Waals surface area (Å²) < 4.78 is 22.3. The molecule has 1 aliphatic rings. The average Bonchev–Trinajstić information content (AvgIpc) is 3.47. The summed E-state index contributed by atoms with van der Waals surface area (Å²) in [5.74, 6) is -0.560. The Labute approximate surface area is 213 Å². The highest BCUT2D eigenvalue weighted by Crippen LogP contribution is 2.31. The van der Waals surface area contributed by atoms with E-state index in [4.69, 9.17) is 4.74 Å². The number of amides is 1. The zero-order chi connectivity index (χ0) is 23.5. The quantitative estimate of drug-likeness (QED) is 0.356. The molecular formula is C25H27ClFN5O2S. The number of aromatic nitrogens is 3. The molecule has 5 rings (SSSR count). The van der Waals surface area contributed by atoms with Crippen LogP contribution in [-0.4, -0.2) is 65.0 Å². The predicted octanol–water partition coefficient (Wildman–Crippen LogP) is 4.72. The van der Waals surface area contributed by atoms with E-state index < -0.39 is 0 Å². The lowest BCUT2D eigenvalue weighted by Crippen LogP contribution is -2.39. The molecule has 1 fully saturated rings. The third-order valence-corrected chi connectivity index (χ3v) is 7.08. The third-order valence-electron chi connectivity index (χ3n) is 6.04. The van der Waals surface area contributed by atoms with Crippen molar-refractivity contribution in [1.29, 1.82) is 0 Å². The van der Waals surface area contributed by atoms with Crippen LogP contribution in [-0.2, 0) is 4.74 Å². The van der Waals surface area contributed by atoms with E-state index in [1.165, 1.54) is 17.4 Å². The molecule has 0 radical (unpaired) electrons. The van der Waals surface area contributed by atoms with Gasteiger partial charge in [-0.2, -0.15) is 5.10 Å². The Hall–Kier alpha value is -2.85. The number of carbonyl (C=O) groups excluding carboxylic acids is 1. The van der Waals surface area contributed by atoms with E-state index in [1.54, 1.807) is 21.8 Å². The Morgan fingerprint density at radius 3 is 2.66 bits per heavy atom. The van der Waals surface area contributed by atoms with Gasteiger partial charge >= 0.3 is 0 Å². The number of benzene rings is 2. The van der Waals surface area contributed by atoms with Gasteiger partial charge in [-0.3, -0.25) is 14.6 Å². The van der Waals surface area contributed by atoms with Crippen molar-refractivity contribution in [3.05, 3.63) is 71.8 Å². The van der Waals surface area contributed by atoms with Gasteiger partial charge in [0.1, 0.15) is 11.3 Å². The van der Waals surface area contributed by atoms with Crippen molar-refractivity contribution in [3.63, 3.8) is 0 Å². The third kappa shape index (κ3) is 5.38. The normalized spacial score (nSPS) is 14.1. The molecule has 35 heavy (non-hydrogen) atoms. The van der Waals surface area contributed by atoms with Crippen LogP contribution in [0.15, 0.2) is 54.7 Å². The molecule has 1 saturated heterocycles. The number of hydrogen-bond acceptors (Lipinski definition) is 6. The molecule has 1 aliphatic heterocycles. The Balaban J connectivity index is 0.00000289. The average molecular weight is 516 g/mol.